The number of nitrogens with one attached hydrogen (secondary N) is 1. The van der Waals surface area contributed by atoms with Crippen LogP contribution in [0.5, 0.6) is 0 Å². The number of halogens is 3. The number of hydrogen-bond acceptors (Lipinski definition) is 2. The van der Waals surface area contributed by atoms with Crippen LogP contribution in [0.1, 0.15) is 44.9 Å². The summed E-state index contributed by atoms with van der Waals surface area (Å²) in [5.74, 6) is 0. The van der Waals surface area contributed by atoms with E-state index in [0.29, 0.717) is 5.56 Å². The molecule has 0 aliphatic heterocycles. The van der Waals surface area contributed by atoms with Crippen LogP contribution in [0.3, 0.4) is 0 Å². The minimum atomic E-state index is -4.33. The Labute approximate surface area is 114 Å². The average molecular weight is 293 g/mol. The van der Waals surface area contributed by atoms with Gasteiger partial charge in [-0.25, -0.2) is 0 Å². The lowest BCUT2D eigenvalue weighted by molar-refractivity contribution is -0.137. The lowest BCUT2D eigenvalue weighted by Crippen LogP contribution is -2.40. The second kappa shape index (κ2) is 5.73. The van der Waals surface area contributed by atoms with E-state index in [-0.39, 0.29) is 6.04 Å². The molecule has 0 aromatic heterocycles. The zero-order chi connectivity index (χ0) is 14.8. The van der Waals surface area contributed by atoms with Crippen molar-refractivity contribution in [3.05, 3.63) is 35.4 Å². The summed E-state index contributed by atoms with van der Waals surface area (Å²) in [4.78, 5) is 0. The lowest BCUT2D eigenvalue weighted by atomic mass is 10.1. The topological polar surface area (TPSA) is 35.1 Å². The monoisotopic (exact) mass is 293 g/mol. The SMILES string of the molecule is CC(N[S@@+]([O-])C(C)(C)C)c1ccc(C(F)(F)F)cc1. The first-order chi connectivity index (χ1) is 8.51. The van der Waals surface area contributed by atoms with Crippen molar-refractivity contribution in [3.63, 3.8) is 0 Å². The fourth-order valence-corrected chi connectivity index (χ4v) is 2.18. The molecule has 19 heavy (non-hydrogen) atoms. The molecule has 0 radical (unpaired) electrons. The highest BCUT2D eigenvalue weighted by atomic mass is 32.2. The summed E-state index contributed by atoms with van der Waals surface area (Å²) in [6.45, 7) is 7.26. The largest absolute Gasteiger partial charge is 0.598 e. The second-order valence-electron chi connectivity index (χ2n) is 5.34. The molecule has 6 heteroatoms. The van der Waals surface area contributed by atoms with Gasteiger partial charge in [-0.3, -0.25) is 0 Å². The van der Waals surface area contributed by atoms with Gasteiger partial charge >= 0.3 is 6.18 Å². The van der Waals surface area contributed by atoms with E-state index in [1.807, 2.05) is 20.8 Å². The summed E-state index contributed by atoms with van der Waals surface area (Å²) in [7, 11) is 0. The van der Waals surface area contributed by atoms with Crippen molar-refractivity contribution in [1.29, 1.82) is 0 Å². The van der Waals surface area contributed by atoms with Gasteiger partial charge in [-0.1, -0.05) is 12.1 Å². The fraction of sp³-hybridized carbons (Fsp3) is 0.538. The standard InChI is InChI=1S/C13H18F3NOS/c1-9(17-19(18)12(2,3)4)10-5-7-11(8-6-10)13(14,15)16/h5-9,17H,1-4H3/t9?,19-/m0/s1. The van der Waals surface area contributed by atoms with Crippen LogP contribution in [0.25, 0.3) is 0 Å². The molecule has 1 unspecified atom stereocenters. The Morgan fingerprint density at radius 2 is 1.58 bits per heavy atom. The number of alkyl halides is 3. The van der Waals surface area contributed by atoms with Gasteiger partial charge in [-0.2, -0.15) is 13.2 Å². The molecule has 0 fully saturated rings. The number of benzene rings is 1. The molecular weight excluding hydrogens is 275 g/mol. The van der Waals surface area contributed by atoms with Gasteiger partial charge in [0.2, 0.25) is 0 Å². The van der Waals surface area contributed by atoms with E-state index in [2.05, 4.69) is 4.72 Å². The zero-order valence-electron chi connectivity index (χ0n) is 11.3. The molecular formula is C13H18F3NOS. The molecule has 108 valence electrons. The molecule has 0 heterocycles. The summed E-state index contributed by atoms with van der Waals surface area (Å²) >= 11 is -1.26. The van der Waals surface area contributed by atoms with Gasteiger partial charge in [-0.05, 0) is 45.4 Å². The molecule has 0 bridgehead atoms. The van der Waals surface area contributed by atoms with Crippen molar-refractivity contribution < 1.29 is 17.7 Å². The summed E-state index contributed by atoms with van der Waals surface area (Å²) in [6, 6.07) is 4.60. The summed E-state index contributed by atoms with van der Waals surface area (Å²) in [5, 5.41) is 0. The third-order valence-electron chi connectivity index (χ3n) is 2.58. The number of rotatable bonds is 3. The second-order valence-corrected chi connectivity index (χ2v) is 7.34. The van der Waals surface area contributed by atoms with E-state index in [9.17, 15) is 17.7 Å². The van der Waals surface area contributed by atoms with E-state index in [4.69, 9.17) is 0 Å². The molecule has 1 N–H and O–H groups in total. The first kappa shape index (κ1) is 16.3. The maximum atomic E-state index is 12.4. The molecule has 0 spiro atoms. The summed E-state index contributed by atoms with van der Waals surface area (Å²) < 4.78 is 51.6. The quantitative estimate of drug-likeness (QED) is 0.860. The minimum absolute atomic E-state index is 0.276. The van der Waals surface area contributed by atoms with Crippen molar-refractivity contribution >= 4 is 11.4 Å². The molecule has 0 amide bonds. The van der Waals surface area contributed by atoms with Gasteiger partial charge in [0.15, 0.2) is 0 Å². The average Bonchev–Trinajstić information content (AvgIpc) is 2.26. The minimum Gasteiger partial charge on any atom is -0.598 e. The van der Waals surface area contributed by atoms with Crippen molar-refractivity contribution in [2.75, 3.05) is 0 Å². The molecule has 0 aliphatic carbocycles. The third kappa shape index (κ3) is 4.71. The van der Waals surface area contributed by atoms with Gasteiger partial charge in [0, 0.05) is 11.4 Å². The van der Waals surface area contributed by atoms with Gasteiger partial charge in [0.05, 0.1) is 11.6 Å². The van der Waals surface area contributed by atoms with Crippen LogP contribution in [-0.4, -0.2) is 9.30 Å². The highest BCUT2D eigenvalue weighted by Crippen LogP contribution is 2.30. The highest BCUT2D eigenvalue weighted by molar-refractivity contribution is 7.90. The maximum absolute atomic E-state index is 12.4. The molecule has 0 saturated heterocycles. The number of hydrogen-bond donors (Lipinski definition) is 1. The van der Waals surface area contributed by atoms with Gasteiger partial charge in [0.25, 0.3) is 0 Å². The normalized spacial score (nSPS) is 16.2. The maximum Gasteiger partial charge on any atom is 0.416 e. The molecule has 2 nitrogen and oxygen atoms in total. The van der Waals surface area contributed by atoms with E-state index < -0.39 is 27.8 Å². The predicted molar refractivity (Wildman–Crippen MR) is 70.9 cm³/mol. The van der Waals surface area contributed by atoms with E-state index >= 15 is 0 Å². The Morgan fingerprint density at radius 1 is 1.11 bits per heavy atom. The molecule has 1 aromatic carbocycles. The van der Waals surface area contributed by atoms with Gasteiger partial charge in [-0.15, -0.1) is 4.72 Å². The van der Waals surface area contributed by atoms with Crippen LogP contribution >= 0.6 is 0 Å². The smallest absolute Gasteiger partial charge is 0.416 e. The Hall–Kier alpha value is -0.720. The zero-order valence-corrected chi connectivity index (χ0v) is 12.2. The van der Waals surface area contributed by atoms with Crippen LogP contribution in [0.15, 0.2) is 24.3 Å². The fourth-order valence-electron chi connectivity index (χ4n) is 1.37. The Morgan fingerprint density at radius 3 is 1.95 bits per heavy atom. The van der Waals surface area contributed by atoms with E-state index in [1.165, 1.54) is 12.1 Å². The van der Waals surface area contributed by atoms with Crippen LogP contribution in [0, 0.1) is 0 Å². The molecule has 1 rings (SSSR count). The van der Waals surface area contributed by atoms with E-state index in [1.54, 1.807) is 6.92 Å². The molecule has 0 aliphatic rings. The van der Waals surface area contributed by atoms with Crippen molar-refractivity contribution in [3.8, 4) is 0 Å². The molecule has 2 atom stereocenters. The van der Waals surface area contributed by atoms with Crippen LogP contribution in [0.4, 0.5) is 13.2 Å². The van der Waals surface area contributed by atoms with Gasteiger partial charge in [0.1, 0.15) is 4.75 Å². The van der Waals surface area contributed by atoms with E-state index in [0.717, 1.165) is 12.1 Å². The summed E-state index contributed by atoms with van der Waals surface area (Å²) in [6.07, 6.45) is -4.33. The van der Waals surface area contributed by atoms with Crippen LogP contribution < -0.4 is 4.72 Å². The summed E-state index contributed by atoms with van der Waals surface area (Å²) in [5.41, 5.74) is -0.00834. The lowest BCUT2D eigenvalue weighted by Gasteiger charge is -2.26. The van der Waals surface area contributed by atoms with Crippen molar-refractivity contribution in [2.45, 2.75) is 44.7 Å². The Balaban J connectivity index is 2.76. The van der Waals surface area contributed by atoms with Crippen molar-refractivity contribution in [2.24, 2.45) is 0 Å². The Kier molecular flexibility index (Phi) is 4.92. The molecule has 0 saturated carbocycles. The third-order valence-corrected chi connectivity index (χ3v) is 4.26. The molecule has 1 aromatic rings. The first-order valence-electron chi connectivity index (χ1n) is 5.87. The van der Waals surface area contributed by atoms with Gasteiger partial charge < -0.3 is 4.55 Å². The highest BCUT2D eigenvalue weighted by Gasteiger charge is 2.31. The van der Waals surface area contributed by atoms with Crippen LogP contribution in [-0.2, 0) is 17.5 Å². The van der Waals surface area contributed by atoms with Crippen molar-refractivity contribution in [1.82, 2.24) is 4.72 Å². The first-order valence-corrected chi connectivity index (χ1v) is 7.02. The Bertz CT molecular complexity index is 411. The van der Waals surface area contributed by atoms with Crippen LogP contribution in [0.2, 0.25) is 0 Å². The predicted octanol–water partition coefficient (Wildman–Crippen LogP) is 3.82.